The molecule has 3 aliphatic rings. The lowest BCUT2D eigenvalue weighted by Gasteiger charge is -2.36. The number of amides is 1. The van der Waals surface area contributed by atoms with E-state index < -0.39 is 0 Å². The molecule has 216 valence electrons. The summed E-state index contributed by atoms with van der Waals surface area (Å²) in [4.78, 5) is 35.7. The summed E-state index contributed by atoms with van der Waals surface area (Å²) in [5.74, 6) is 0.505. The van der Waals surface area contributed by atoms with Gasteiger partial charge in [-0.25, -0.2) is 0 Å². The number of nitrogens with zero attached hydrogens (tertiary/aromatic N) is 5. The van der Waals surface area contributed by atoms with Crippen molar-refractivity contribution in [1.82, 2.24) is 19.0 Å². The van der Waals surface area contributed by atoms with Gasteiger partial charge in [-0.05, 0) is 79.3 Å². The molecule has 7 rings (SSSR count). The number of likely N-dealkylation sites (N-methyl/N-ethyl adjacent to an activating group) is 1. The number of hydrogen-bond acceptors (Lipinski definition) is 5. The number of rotatable bonds is 6. The maximum absolute atomic E-state index is 13.8. The number of aliphatic hydroxyl groups is 1. The zero-order valence-electron chi connectivity index (χ0n) is 24.3. The Bertz CT molecular complexity index is 1730. The van der Waals surface area contributed by atoms with Crippen LogP contribution in [0.25, 0.3) is 11.1 Å². The van der Waals surface area contributed by atoms with Crippen LogP contribution in [0.5, 0.6) is 0 Å². The predicted molar refractivity (Wildman–Crippen MR) is 163 cm³/mol. The summed E-state index contributed by atoms with van der Waals surface area (Å²) in [6, 6.07) is 13.9. The quantitative estimate of drug-likeness (QED) is 0.385. The first-order valence-electron chi connectivity index (χ1n) is 15.0. The SMILES string of the molecule is CN1CC(c2ccc(Cc3cc(-c4cccc(N5CCn6c(cc7c6CCCC7)C5=O)c4CO)cn(C)c3=O)nc2)C1. The highest BCUT2D eigenvalue weighted by atomic mass is 16.3. The van der Waals surface area contributed by atoms with E-state index >= 15 is 0 Å². The van der Waals surface area contributed by atoms with Gasteiger partial charge in [0.15, 0.2) is 0 Å². The Hall–Kier alpha value is -4.01. The van der Waals surface area contributed by atoms with E-state index in [9.17, 15) is 14.7 Å². The molecule has 2 aliphatic heterocycles. The van der Waals surface area contributed by atoms with Crippen molar-refractivity contribution in [3.8, 4) is 11.1 Å². The molecule has 8 nitrogen and oxygen atoms in total. The van der Waals surface area contributed by atoms with Gasteiger partial charge >= 0.3 is 0 Å². The Balaban J connectivity index is 1.20. The first-order chi connectivity index (χ1) is 20.4. The van der Waals surface area contributed by atoms with Gasteiger partial charge in [0.1, 0.15) is 5.69 Å². The molecule has 0 radical (unpaired) electrons. The maximum atomic E-state index is 13.8. The molecule has 3 aromatic heterocycles. The largest absolute Gasteiger partial charge is 0.392 e. The second kappa shape index (κ2) is 10.7. The van der Waals surface area contributed by atoms with E-state index in [4.69, 9.17) is 0 Å². The normalized spacial score (nSPS) is 17.2. The summed E-state index contributed by atoms with van der Waals surface area (Å²) in [5.41, 5.74) is 9.09. The highest BCUT2D eigenvalue weighted by molar-refractivity contribution is 6.07. The number of aliphatic hydroxyl groups excluding tert-OH is 1. The Kier molecular flexibility index (Phi) is 6.83. The van der Waals surface area contributed by atoms with Crippen LogP contribution >= 0.6 is 0 Å². The van der Waals surface area contributed by atoms with Crippen LogP contribution in [-0.2, 0) is 39.5 Å². The van der Waals surface area contributed by atoms with E-state index in [0.29, 0.717) is 30.0 Å². The molecule has 1 N–H and O–H groups in total. The van der Waals surface area contributed by atoms with Crippen molar-refractivity contribution in [2.75, 3.05) is 31.6 Å². The number of benzene rings is 1. The molecular weight excluding hydrogens is 526 g/mol. The molecular formula is C34H37N5O3. The van der Waals surface area contributed by atoms with E-state index in [1.165, 1.54) is 29.7 Å². The smallest absolute Gasteiger partial charge is 0.274 e. The number of pyridine rings is 2. The second-order valence-corrected chi connectivity index (χ2v) is 12.1. The minimum absolute atomic E-state index is 0.0216. The summed E-state index contributed by atoms with van der Waals surface area (Å²) in [7, 11) is 3.87. The van der Waals surface area contributed by atoms with Crippen LogP contribution in [0.4, 0.5) is 5.69 Å². The minimum atomic E-state index is -0.218. The van der Waals surface area contributed by atoms with Crippen LogP contribution in [0.1, 0.15) is 62.9 Å². The Labute approximate surface area is 245 Å². The van der Waals surface area contributed by atoms with Gasteiger partial charge in [-0.15, -0.1) is 0 Å². The van der Waals surface area contributed by atoms with Gasteiger partial charge in [-0.2, -0.15) is 0 Å². The molecule has 1 fully saturated rings. The highest BCUT2D eigenvalue weighted by Gasteiger charge is 2.31. The average molecular weight is 564 g/mol. The zero-order valence-corrected chi connectivity index (χ0v) is 24.3. The number of aryl methyl sites for hydroxylation is 2. The number of carbonyl (C=O) groups excluding carboxylic acids is 1. The van der Waals surface area contributed by atoms with Gasteiger partial charge in [0.05, 0.1) is 12.3 Å². The van der Waals surface area contributed by atoms with Gasteiger partial charge in [0.2, 0.25) is 0 Å². The summed E-state index contributed by atoms with van der Waals surface area (Å²) >= 11 is 0. The first-order valence-corrected chi connectivity index (χ1v) is 15.0. The zero-order chi connectivity index (χ0) is 29.0. The van der Waals surface area contributed by atoms with Crippen molar-refractivity contribution in [3.63, 3.8) is 0 Å². The van der Waals surface area contributed by atoms with Crippen LogP contribution in [0.3, 0.4) is 0 Å². The van der Waals surface area contributed by atoms with E-state index in [0.717, 1.165) is 60.7 Å². The molecule has 0 bridgehead atoms. The Morgan fingerprint density at radius 1 is 1.00 bits per heavy atom. The van der Waals surface area contributed by atoms with Crippen LogP contribution < -0.4 is 10.5 Å². The van der Waals surface area contributed by atoms with Crippen molar-refractivity contribution in [2.45, 2.75) is 51.2 Å². The molecule has 1 amide bonds. The van der Waals surface area contributed by atoms with Crippen LogP contribution in [0.15, 0.2) is 59.7 Å². The van der Waals surface area contributed by atoms with Gasteiger partial charge in [-0.1, -0.05) is 18.2 Å². The highest BCUT2D eigenvalue weighted by Crippen LogP contribution is 2.35. The molecule has 1 aliphatic carbocycles. The lowest BCUT2D eigenvalue weighted by Crippen LogP contribution is -2.41. The molecule has 5 heterocycles. The second-order valence-electron chi connectivity index (χ2n) is 12.1. The van der Waals surface area contributed by atoms with Crippen molar-refractivity contribution < 1.29 is 9.90 Å². The number of fused-ring (bicyclic) bond motifs is 3. The fraction of sp³-hybridized carbons (Fsp3) is 0.382. The van der Waals surface area contributed by atoms with Crippen molar-refractivity contribution in [1.29, 1.82) is 0 Å². The molecule has 42 heavy (non-hydrogen) atoms. The number of anilines is 1. The average Bonchev–Trinajstić information content (AvgIpc) is 3.38. The molecule has 4 aromatic rings. The number of likely N-dealkylation sites (tertiary alicyclic amines) is 1. The van der Waals surface area contributed by atoms with Crippen LogP contribution in [0, 0.1) is 0 Å². The summed E-state index contributed by atoms with van der Waals surface area (Å²) in [5, 5.41) is 10.6. The fourth-order valence-corrected chi connectivity index (χ4v) is 7.07. The molecule has 0 saturated carbocycles. The van der Waals surface area contributed by atoms with Crippen LogP contribution in [0.2, 0.25) is 0 Å². The number of hydrogen-bond donors (Lipinski definition) is 1. The van der Waals surface area contributed by atoms with Crippen molar-refractivity contribution in [2.24, 2.45) is 7.05 Å². The summed E-state index contributed by atoms with van der Waals surface area (Å²) in [6.07, 6.45) is 8.59. The van der Waals surface area contributed by atoms with Gasteiger partial charge < -0.3 is 24.0 Å². The molecule has 0 atom stereocenters. The monoisotopic (exact) mass is 563 g/mol. The van der Waals surface area contributed by atoms with Gasteiger partial charge in [0.25, 0.3) is 11.5 Å². The van der Waals surface area contributed by atoms with E-state index in [2.05, 4.69) is 33.6 Å². The van der Waals surface area contributed by atoms with E-state index in [-0.39, 0.29) is 18.1 Å². The molecule has 0 spiro atoms. The van der Waals surface area contributed by atoms with E-state index in [1.54, 1.807) is 11.6 Å². The predicted octanol–water partition coefficient (Wildman–Crippen LogP) is 3.90. The molecule has 0 unspecified atom stereocenters. The third-order valence-corrected chi connectivity index (χ3v) is 9.34. The molecule has 8 heteroatoms. The summed E-state index contributed by atoms with van der Waals surface area (Å²) in [6.45, 7) is 3.19. The summed E-state index contributed by atoms with van der Waals surface area (Å²) < 4.78 is 3.81. The third kappa shape index (κ3) is 4.59. The number of aromatic nitrogens is 3. The third-order valence-electron chi connectivity index (χ3n) is 9.34. The lowest BCUT2D eigenvalue weighted by atomic mass is 9.93. The lowest BCUT2D eigenvalue weighted by molar-refractivity contribution is 0.0964. The fourth-order valence-electron chi connectivity index (χ4n) is 7.07. The minimum Gasteiger partial charge on any atom is -0.392 e. The van der Waals surface area contributed by atoms with Gasteiger partial charge in [-0.3, -0.25) is 14.6 Å². The standard InChI is InChI=1S/C34H37N5O3/c1-36-18-26(19-36)23-10-11-27(35-17-23)15-24-14-25(20-37(2)33(24)41)28-7-5-9-31(29(28)21-40)39-13-12-38-30-8-4-3-6-22(30)16-32(38)34(39)42/h5,7,9-11,14,16-17,20,26,40H,3-4,6,8,12-13,15,18-19,21H2,1-2H3. The maximum Gasteiger partial charge on any atom is 0.274 e. The van der Waals surface area contributed by atoms with Crippen LogP contribution in [-0.4, -0.2) is 56.7 Å². The van der Waals surface area contributed by atoms with Crippen molar-refractivity contribution in [3.05, 3.63) is 105 Å². The van der Waals surface area contributed by atoms with E-state index in [1.807, 2.05) is 47.6 Å². The Morgan fingerprint density at radius 2 is 1.83 bits per heavy atom. The molecule has 1 saturated heterocycles. The number of carbonyl (C=O) groups is 1. The topological polar surface area (TPSA) is 83.6 Å². The first kappa shape index (κ1) is 26.9. The Morgan fingerprint density at radius 3 is 2.60 bits per heavy atom. The van der Waals surface area contributed by atoms with Gasteiger partial charge in [0, 0.05) is 80.5 Å². The van der Waals surface area contributed by atoms with Crippen molar-refractivity contribution >= 4 is 11.6 Å². The molecule has 1 aromatic carbocycles.